The van der Waals surface area contributed by atoms with E-state index >= 15 is 0 Å². The molecule has 0 aliphatic heterocycles. The Labute approximate surface area is 72.8 Å². The molecular formula is C10H14N2. The van der Waals surface area contributed by atoms with E-state index in [4.69, 9.17) is 5.73 Å². The lowest BCUT2D eigenvalue weighted by molar-refractivity contribution is 0.631. The van der Waals surface area contributed by atoms with Crippen LogP contribution in [0.5, 0.6) is 0 Å². The van der Waals surface area contributed by atoms with E-state index < -0.39 is 0 Å². The predicted molar refractivity (Wildman–Crippen MR) is 48.7 cm³/mol. The van der Waals surface area contributed by atoms with E-state index in [0.717, 1.165) is 0 Å². The highest BCUT2D eigenvalue weighted by Crippen LogP contribution is 2.48. The molecule has 0 unspecified atom stereocenters. The van der Waals surface area contributed by atoms with Gasteiger partial charge in [-0.25, -0.2) is 0 Å². The molecule has 1 aromatic heterocycles. The monoisotopic (exact) mass is 162 g/mol. The molecule has 1 heterocycles. The molecule has 2 nitrogen and oxygen atoms in total. The molecule has 0 radical (unpaired) electrons. The molecule has 1 aromatic rings. The predicted octanol–water partition coefficient (Wildman–Crippen LogP) is 1.53. The van der Waals surface area contributed by atoms with Crippen molar-refractivity contribution in [2.75, 3.05) is 0 Å². The Morgan fingerprint density at radius 2 is 2.50 bits per heavy atom. The van der Waals surface area contributed by atoms with Gasteiger partial charge in [0.15, 0.2) is 0 Å². The van der Waals surface area contributed by atoms with Crippen molar-refractivity contribution >= 4 is 0 Å². The quantitative estimate of drug-likeness (QED) is 0.716. The minimum atomic E-state index is 0.329. The van der Waals surface area contributed by atoms with E-state index in [2.05, 4.69) is 18.0 Å². The minimum Gasteiger partial charge on any atom is -0.328 e. The maximum Gasteiger partial charge on any atom is 0.0302 e. The first-order chi connectivity index (χ1) is 5.79. The van der Waals surface area contributed by atoms with Crippen LogP contribution in [0.1, 0.15) is 24.8 Å². The van der Waals surface area contributed by atoms with Crippen molar-refractivity contribution in [3.8, 4) is 0 Å². The second-order valence-electron chi connectivity index (χ2n) is 3.65. The fraction of sp³-hybridized carbons (Fsp3) is 0.500. The average Bonchev–Trinajstić information content (AvgIpc) is 2.84. The maximum absolute atomic E-state index is 5.81. The molecule has 1 fully saturated rings. The number of hydrogen-bond acceptors (Lipinski definition) is 2. The summed E-state index contributed by atoms with van der Waals surface area (Å²) in [6.45, 7) is 2.08. The summed E-state index contributed by atoms with van der Waals surface area (Å²) in [7, 11) is 0. The third kappa shape index (κ3) is 1.34. The summed E-state index contributed by atoms with van der Waals surface area (Å²) in [6, 6.07) is 4.46. The summed E-state index contributed by atoms with van der Waals surface area (Å²) < 4.78 is 0. The second kappa shape index (κ2) is 2.87. The Kier molecular flexibility index (Phi) is 1.85. The van der Waals surface area contributed by atoms with Crippen LogP contribution in [0, 0.1) is 5.92 Å². The number of hydrogen-bond donors (Lipinski definition) is 1. The van der Waals surface area contributed by atoms with Crippen molar-refractivity contribution in [3.63, 3.8) is 0 Å². The Morgan fingerprint density at radius 1 is 1.67 bits per heavy atom. The van der Waals surface area contributed by atoms with Crippen molar-refractivity contribution in [3.05, 3.63) is 30.1 Å². The van der Waals surface area contributed by atoms with Gasteiger partial charge in [0.1, 0.15) is 0 Å². The fourth-order valence-electron chi connectivity index (χ4n) is 1.77. The summed E-state index contributed by atoms with van der Waals surface area (Å²) in [4.78, 5) is 4.10. The van der Waals surface area contributed by atoms with Gasteiger partial charge in [0.25, 0.3) is 0 Å². The second-order valence-corrected chi connectivity index (χ2v) is 3.65. The van der Waals surface area contributed by atoms with Gasteiger partial charge < -0.3 is 5.73 Å². The van der Waals surface area contributed by atoms with Crippen molar-refractivity contribution in [2.24, 2.45) is 11.7 Å². The highest BCUT2D eigenvalue weighted by Gasteiger charge is 2.40. The molecule has 64 valence electrons. The lowest BCUT2D eigenvalue weighted by atomic mass is 10.1. The van der Waals surface area contributed by atoms with Crippen LogP contribution in [0.3, 0.4) is 0 Å². The van der Waals surface area contributed by atoms with Crippen molar-refractivity contribution in [1.82, 2.24) is 4.98 Å². The summed E-state index contributed by atoms with van der Waals surface area (Å²) >= 11 is 0. The number of aromatic nitrogens is 1. The molecule has 0 amide bonds. The molecular weight excluding hydrogens is 148 g/mol. The molecule has 1 aliphatic rings. The molecule has 2 heteroatoms. The van der Waals surface area contributed by atoms with Crippen molar-refractivity contribution in [1.29, 1.82) is 0 Å². The van der Waals surface area contributed by atoms with Gasteiger partial charge in [-0.05, 0) is 36.8 Å². The van der Waals surface area contributed by atoms with E-state index in [-0.39, 0.29) is 0 Å². The standard InChI is InChI=1S/C10H14N2/c1-7(11)9-5-10(9)8-3-2-4-12-6-8/h2-4,6-7,9-10H,5,11H2,1H3/t7-,9+,10-/m0/s1. The van der Waals surface area contributed by atoms with E-state index in [9.17, 15) is 0 Å². The van der Waals surface area contributed by atoms with Crippen LogP contribution in [0.2, 0.25) is 0 Å². The highest BCUT2D eigenvalue weighted by atomic mass is 14.7. The van der Waals surface area contributed by atoms with Crippen LogP contribution < -0.4 is 5.73 Å². The van der Waals surface area contributed by atoms with E-state index in [1.54, 1.807) is 0 Å². The van der Waals surface area contributed by atoms with Crippen molar-refractivity contribution in [2.45, 2.75) is 25.3 Å². The Morgan fingerprint density at radius 3 is 3.00 bits per heavy atom. The molecule has 2 N–H and O–H groups in total. The Hall–Kier alpha value is -0.890. The number of pyridine rings is 1. The first-order valence-electron chi connectivity index (χ1n) is 4.44. The zero-order chi connectivity index (χ0) is 8.55. The fourth-order valence-corrected chi connectivity index (χ4v) is 1.77. The highest BCUT2D eigenvalue weighted by molar-refractivity contribution is 5.23. The maximum atomic E-state index is 5.81. The van der Waals surface area contributed by atoms with Crippen LogP contribution >= 0.6 is 0 Å². The first-order valence-corrected chi connectivity index (χ1v) is 4.44. The van der Waals surface area contributed by atoms with Crippen LogP contribution in [-0.4, -0.2) is 11.0 Å². The topological polar surface area (TPSA) is 38.9 Å². The van der Waals surface area contributed by atoms with E-state index in [1.165, 1.54) is 12.0 Å². The van der Waals surface area contributed by atoms with Gasteiger partial charge in [0, 0.05) is 18.4 Å². The van der Waals surface area contributed by atoms with Gasteiger partial charge in [0.05, 0.1) is 0 Å². The third-order valence-corrected chi connectivity index (χ3v) is 2.63. The number of nitrogens with zero attached hydrogens (tertiary/aromatic N) is 1. The lowest BCUT2D eigenvalue weighted by Crippen LogP contribution is -2.17. The summed E-state index contributed by atoms with van der Waals surface area (Å²) in [5.41, 5.74) is 7.15. The minimum absolute atomic E-state index is 0.329. The van der Waals surface area contributed by atoms with E-state index in [1.807, 2.05) is 18.5 Å². The molecule has 0 aromatic carbocycles. The van der Waals surface area contributed by atoms with Crippen LogP contribution in [0.25, 0.3) is 0 Å². The molecule has 3 atom stereocenters. The number of nitrogens with two attached hydrogens (primary N) is 1. The third-order valence-electron chi connectivity index (χ3n) is 2.63. The molecule has 1 saturated carbocycles. The van der Waals surface area contributed by atoms with E-state index in [0.29, 0.717) is 17.9 Å². The summed E-state index contributed by atoms with van der Waals surface area (Å²) in [5, 5.41) is 0. The normalized spacial score (nSPS) is 29.8. The Bertz CT molecular complexity index is 256. The summed E-state index contributed by atoms with van der Waals surface area (Å²) in [5.74, 6) is 1.37. The molecule has 2 rings (SSSR count). The van der Waals surface area contributed by atoms with Crippen molar-refractivity contribution < 1.29 is 0 Å². The Balaban J connectivity index is 2.06. The summed E-state index contributed by atoms with van der Waals surface area (Å²) in [6.07, 6.45) is 5.00. The van der Waals surface area contributed by atoms with Crippen LogP contribution in [0.4, 0.5) is 0 Å². The van der Waals surface area contributed by atoms with Crippen LogP contribution in [0.15, 0.2) is 24.5 Å². The molecule has 0 bridgehead atoms. The van der Waals surface area contributed by atoms with Gasteiger partial charge in [-0.1, -0.05) is 6.07 Å². The molecule has 1 aliphatic carbocycles. The SMILES string of the molecule is C[C@H](N)[C@H]1C[C@H]1c1cccnc1. The molecule has 0 spiro atoms. The zero-order valence-electron chi connectivity index (χ0n) is 7.27. The van der Waals surface area contributed by atoms with Gasteiger partial charge in [-0.2, -0.15) is 0 Å². The molecule has 12 heavy (non-hydrogen) atoms. The van der Waals surface area contributed by atoms with Gasteiger partial charge in [-0.15, -0.1) is 0 Å². The zero-order valence-corrected chi connectivity index (χ0v) is 7.27. The molecule has 0 saturated heterocycles. The smallest absolute Gasteiger partial charge is 0.0302 e. The van der Waals surface area contributed by atoms with Crippen LogP contribution in [-0.2, 0) is 0 Å². The largest absolute Gasteiger partial charge is 0.328 e. The average molecular weight is 162 g/mol. The van der Waals surface area contributed by atoms with Gasteiger partial charge in [0.2, 0.25) is 0 Å². The number of rotatable bonds is 2. The van der Waals surface area contributed by atoms with Gasteiger partial charge in [-0.3, -0.25) is 4.98 Å². The van der Waals surface area contributed by atoms with Gasteiger partial charge >= 0.3 is 0 Å². The lowest BCUT2D eigenvalue weighted by Gasteiger charge is -2.02. The first kappa shape index (κ1) is 7.74.